The van der Waals surface area contributed by atoms with Crippen LogP contribution in [-0.4, -0.2) is 17.3 Å². The first kappa shape index (κ1) is 14.7. The third-order valence-electron chi connectivity index (χ3n) is 2.66. The van der Waals surface area contributed by atoms with E-state index in [0.29, 0.717) is 5.41 Å². The first-order valence-corrected chi connectivity index (χ1v) is 7.49. The van der Waals surface area contributed by atoms with Crippen molar-refractivity contribution in [1.82, 2.24) is 0 Å². The van der Waals surface area contributed by atoms with Crippen LogP contribution < -0.4 is 0 Å². The Labute approximate surface area is 100 Å². The summed E-state index contributed by atoms with van der Waals surface area (Å²) >= 11 is 6.54. The van der Waals surface area contributed by atoms with E-state index in [9.17, 15) is 0 Å². The summed E-state index contributed by atoms with van der Waals surface area (Å²) in [6, 6.07) is 0. The normalized spacial score (nSPS) is 14.4. The van der Waals surface area contributed by atoms with E-state index in [1.165, 1.54) is 30.8 Å². The molecular weight excluding hydrogens is 208 g/mol. The average Bonchev–Trinajstić information content (AvgIpc) is 2.09. The Morgan fingerprint density at radius 2 is 1.86 bits per heavy atom. The van der Waals surface area contributed by atoms with Crippen LogP contribution in [0.25, 0.3) is 0 Å². The Morgan fingerprint density at radius 1 is 1.21 bits per heavy atom. The van der Waals surface area contributed by atoms with E-state index < -0.39 is 0 Å². The fourth-order valence-corrected chi connectivity index (χ4v) is 3.59. The van der Waals surface area contributed by atoms with Gasteiger partial charge >= 0.3 is 0 Å². The highest BCUT2D eigenvalue weighted by Gasteiger charge is 2.22. The summed E-state index contributed by atoms with van der Waals surface area (Å²) in [5.41, 5.74) is 0.416. The number of thioether (sulfide) groups is 1. The average molecular weight is 234 g/mol. The van der Waals surface area contributed by atoms with Crippen LogP contribution in [0.15, 0.2) is 0 Å². The topological polar surface area (TPSA) is 0 Å². The van der Waals surface area contributed by atoms with Crippen LogP contribution in [0.4, 0.5) is 0 Å². The summed E-state index contributed by atoms with van der Waals surface area (Å²) in [5.74, 6) is 4.37. The van der Waals surface area contributed by atoms with Gasteiger partial charge in [-0.2, -0.15) is 24.4 Å². The molecule has 0 heterocycles. The SMILES string of the molecule is CCCCCSCC(CS)C(C)(C)C. The molecule has 14 heavy (non-hydrogen) atoms. The lowest BCUT2D eigenvalue weighted by atomic mass is 9.83. The molecule has 0 aliphatic heterocycles. The van der Waals surface area contributed by atoms with Crippen LogP contribution in [-0.2, 0) is 0 Å². The van der Waals surface area contributed by atoms with Crippen molar-refractivity contribution >= 4 is 24.4 Å². The summed E-state index contributed by atoms with van der Waals surface area (Å²) in [5, 5.41) is 0. The fraction of sp³-hybridized carbons (Fsp3) is 1.00. The molecule has 0 saturated carbocycles. The molecule has 0 fully saturated rings. The number of hydrogen-bond acceptors (Lipinski definition) is 2. The Morgan fingerprint density at radius 3 is 2.29 bits per heavy atom. The molecular formula is C12H26S2. The van der Waals surface area contributed by atoms with E-state index >= 15 is 0 Å². The highest BCUT2D eigenvalue weighted by Crippen LogP contribution is 2.30. The van der Waals surface area contributed by atoms with Gasteiger partial charge in [-0.25, -0.2) is 0 Å². The second kappa shape index (κ2) is 7.92. The van der Waals surface area contributed by atoms with Crippen molar-refractivity contribution in [3.8, 4) is 0 Å². The highest BCUT2D eigenvalue weighted by molar-refractivity contribution is 7.99. The third-order valence-corrected chi connectivity index (χ3v) is 4.31. The molecule has 0 spiro atoms. The number of hydrogen-bond donors (Lipinski definition) is 1. The Hall–Kier alpha value is 0.700. The largest absolute Gasteiger partial charge is 0.179 e. The lowest BCUT2D eigenvalue weighted by Crippen LogP contribution is -2.24. The summed E-state index contributed by atoms with van der Waals surface area (Å²) < 4.78 is 0. The zero-order chi connectivity index (χ0) is 11.0. The third kappa shape index (κ3) is 7.05. The molecule has 1 unspecified atom stereocenters. The minimum atomic E-state index is 0.416. The van der Waals surface area contributed by atoms with Gasteiger partial charge in [-0.05, 0) is 35.0 Å². The molecule has 1 atom stereocenters. The van der Waals surface area contributed by atoms with Gasteiger partial charge < -0.3 is 0 Å². The van der Waals surface area contributed by atoms with Gasteiger partial charge in [0.2, 0.25) is 0 Å². The molecule has 0 aromatic rings. The van der Waals surface area contributed by atoms with Crippen LogP contribution in [0, 0.1) is 11.3 Å². The van der Waals surface area contributed by atoms with Crippen molar-refractivity contribution in [3.63, 3.8) is 0 Å². The van der Waals surface area contributed by atoms with Gasteiger partial charge in [0, 0.05) is 0 Å². The van der Waals surface area contributed by atoms with Gasteiger partial charge in [0.1, 0.15) is 0 Å². The lowest BCUT2D eigenvalue weighted by molar-refractivity contribution is 0.294. The first-order valence-electron chi connectivity index (χ1n) is 5.71. The zero-order valence-corrected chi connectivity index (χ0v) is 11.9. The lowest BCUT2D eigenvalue weighted by Gasteiger charge is -2.29. The molecule has 0 aromatic heterocycles. The minimum absolute atomic E-state index is 0.416. The van der Waals surface area contributed by atoms with Crippen LogP contribution in [0.5, 0.6) is 0 Å². The second-order valence-electron chi connectivity index (χ2n) is 5.03. The molecule has 0 rings (SSSR count). The van der Waals surface area contributed by atoms with Crippen LogP contribution in [0.3, 0.4) is 0 Å². The molecule has 2 heteroatoms. The Balaban J connectivity index is 3.54. The molecule has 0 nitrogen and oxygen atoms in total. The van der Waals surface area contributed by atoms with E-state index in [1.54, 1.807) is 0 Å². The maximum absolute atomic E-state index is 4.44. The van der Waals surface area contributed by atoms with E-state index in [4.69, 9.17) is 0 Å². The first-order chi connectivity index (χ1) is 6.52. The molecule has 0 aromatic carbocycles. The van der Waals surface area contributed by atoms with E-state index in [-0.39, 0.29) is 0 Å². The maximum Gasteiger partial charge on any atom is -0.00263 e. The Kier molecular flexibility index (Phi) is 8.32. The van der Waals surface area contributed by atoms with Gasteiger partial charge in [0.05, 0.1) is 0 Å². The van der Waals surface area contributed by atoms with Gasteiger partial charge in [0.25, 0.3) is 0 Å². The van der Waals surface area contributed by atoms with E-state index in [1.807, 2.05) is 0 Å². The summed E-state index contributed by atoms with van der Waals surface area (Å²) in [4.78, 5) is 0. The summed E-state index contributed by atoms with van der Waals surface area (Å²) in [6.07, 6.45) is 4.09. The molecule has 0 saturated heterocycles. The zero-order valence-electron chi connectivity index (χ0n) is 10.2. The maximum atomic E-state index is 4.44. The van der Waals surface area contributed by atoms with Crippen molar-refractivity contribution in [3.05, 3.63) is 0 Å². The van der Waals surface area contributed by atoms with Crippen molar-refractivity contribution in [1.29, 1.82) is 0 Å². The molecule has 0 bridgehead atoms. The monoisotopic (exact) mass is 234 g/mol. The van der Waals surface area contributed by atoms with Crippen molar-refractivity contribution < 1.29 is 0 Å². The standard InChI is InChI=1S/C12H26S2/c1-5-6-7-8-14-10-11(9-13)12(2,3)4/h11,13H,5-10H2,1-4H3. The second-order valence-corrected chi connectivity index (χ2v) is 6.54. The fourth-order valence-electron chi connectivity index (χ4n) is 1.26. The smallest absolute Gasteiger partial charge is 0.00263 e. The van der Waals surface area contributed by atoms with Crippen LogP contribution in [0.1, 0.15) is 47.0 Å². The van der Waals surface area contributed by atoms with E-state index in [0.717, 1.165) is 11.7 Å². The minimum Gasteiger partial charge on any atom is -0.179 e. The van der Waals surface area contributed by atoms with Crippen molar-refractivity contribution in [2.75, 3.05) is 17.3 Å². The van der Waals surface area contributed by atoms with Crippen molar-refractivity contribution in [2.24, 2.45) is 11.3 Å². The molecule has 0 radical (unpaired) electrons. The molecule has 0 amide bonds. The Bertz CT molecular complexity index is 127. The van der Waals surface area contributed by atoms with Gasteiger partial charge in [-0.1, -0.05) is 40.5 Å². The number of thiol groups is 1. The summed E-state index contributed by atoms with van der Waals surface area (Å²) in [6.45, 7) is 9.22. The van der Waals surface area contributed by atoms with Gasteiger partial charge in [-0.3, -0.25) is 0 Å². The quantitative estimate of drug-likeness (QED) is 0.500. The molecule has 0 aliphatic rings. The van der Waals surface area contributed by atoms with E-state index in [2.05, 4.69) is 52.1 Å². The molecule has 86 valence electrons. The summed E-state index contributed by atoms with van der Waals surface area (Å²) in [7, 11) is 0. The number of unbranched alkanes of at least 4 members (excludes halogenated alkanes) is 2. The van der Waals surface area contributed by atoms with Crippen LogP contribution >= 0.6 is 24.4 Å². The van der Waals surface area contributed by atoms with Crippen molar-refractivity contribution in [2.45, 2.75) is 47.0 Å². The molecule has 0 aliphatic carbocycles. The van der Waals surface area contributed by atoms with Gasteiger partial charge in [0.15, 0.2) is 0 Å². The van der Waals surface area contributed by atoms with Crippen LogP contribution in [0.2, 0.25) is 0 Å². The van der Waals surface area contributed by atoms with Gasteiger partial charge in [-0.15, -0.1) is 0 Å². The predicted molar refractivity (Wildman–Crippen MR) is 73.6 cm³/mol. The predicted octanol–water partition coefficient (Wildman–Crippen LogP) is 4.50. The number of rotatable bonds is 7. The highest BCUT2D eigenvalue weighted by atomic mass is 32.2. The molecule has 0 N–H and O–H groups in total.